The van der Waals surface area contributed by atoms with Gasteiger partial charge in [0.1, 0.15) is 5.82 Å². The number of hydrogen-bond donors (Lipinski definition) is 4. The Balaban J connectivity index is 1.37. The maximum Gasteiger partial charge on any atom is 0.319 e. The lowest BCUT2D eigenvalue weighted by Gasteiger charge is -2.28. The summed E-state index contributed by atoms with van der Waals surface area (Å²) in [6.45, 7) is 0.503. The Labute approximate surface area is 204 Å². The number of rotatable bonds is 8. The minimum atomic E-state index is -0.485. The largest absolute Gasteiger partial charge is 0.493 e. The number of nitrogens with one attached hydrogen (secondary N) is 3. The summed E-state index contributed by atoms with van der Waals surface area (Å²) in [5, 5.41) is 19.1. The summed E-state index contributed by atoms with van der Waals surface area (Å²) in [6.07, 6.45) is 6.40. The van der Waals surface area contributed by atoms with Crippen LogP contribution < -0.4 is 25.4 Å². The van der Waals surface area contributed by atoms with E-state index >= 15 is 0 Å². The third-order valence-electron chi connectivity index (χ3n) is 6.02. The average molecular weight is 478 g/mol. The van der Waals surface area contributed by atoms with Crippen LogP contribution in [0.25, 0.3) is 11.3 Å². The van der Waals surface area contributed by atoms with Gasteiger partial charge in [0.05, 0.1) is 44.5 Å². The highest BCUT2D eigenvalue weighted by atomic mass is 16.5. The zero-order chi connectivity index (χ0) is 24.6. The highest BCUT2D eigenvalue weighted by molar-refractivity contribution is 5.89. The molecule has 1 saturated carbocycles. The zero-order valence-electron chi connectivity index (χ0n) is 20.0. The summed E-state index contributed by atoms with van der Waals surface area (Å²) in [6, 6.07) is 12.7. The number of carbonyl (C=O) groups is 1. The van der Waals surface area contributed by atoms with E-state index in [1.54, 1.807) is 26.6 Å². The zero-order valence-corrected chi connectivity index (χ0v) is 20.0. The first kappa shape index (κ1) is 24.3. The molecule has 0 radical (unpaired) electrons. The van der Waals surface area contributed by atoms with Crippen molar-refractivity contribution in [3.8, 4) is 22.8 Å². The van der Waals surface area contributed by atoms with Gasteiger partial charge < -0.3 is 30.5 Å². The lowest BCUT2D eigenvalue weighted by atomic mass is 9.93. The summed E-state index contributed by atoms with van der Waals surface area (Å²) in [7, 11) is 3.19. The second-order valence-corrected chi connectivity index (χ2v) is 8.47. The molecular weight excluding hydrogens is 446 g/mol. The monoisotopic (exact) mass is 477 g/mol. The predicted molar refractivity (Wildman–Crippen MR) is 135 cm³/mol. The number of anilines is 2. The van der Waals surface area contributed by atoms with Gasteiger partial charge in [0.15, 0.2) is 11.5 Å². The van der Waals surface area contributed by atoms with Gasteiger partial charge in [-0.1, -0.05) is 25.0 Å². The molecule has 2 aromatic carbocycles. The smallest absolute Gasteiger partial charge is 0.319 e. The molecule has 4 rings (SSSR count). The van der Waals surface area contributed by atoms with Crippen molar-refractivity contribution in [2.45, 2.75) is 44.4 Å². The minimum Gasteiger partial charge on any atom is -0.493 e. The Morgan fingerprint density at radius 1 is 1.06 bits per heavy atom. The van der Waals surface area contributed by atoms with Gasteiger partial charge >= 0.3 is 6.03 Å². The van der Waals surface area contributed by atoms with Gasteiger partial charge in [-0.3, -0.25) is 4.98 Å². The Morgan fingerprint density at radius 3 is 2.69 bits per heavy atom. The van der Waals surface area contributed by atoms with E-state index in [9.17, 15) is 9.90 Å². The van der Waals surface area contributed by atoms with Crippen LogP contribution in [0.4, 0.5) is 16.3 Å². The number of aromatic nitrogens is 2. The van der Waals surface area contributed by atoms with Crippen LogP contribution in [0.3, 0.4) is 0 Å². The SMILES string of the molecule is COc1ccc(-c2cncc(NCc3cccc(NC(=O)N[C@@H]4CCCC[C@@H]4O)c3)n2)cc1OC. The van der Waals surface area contributed by atoms with Crippen LogP contribution in [0.5, 0.6) is 11.5 Å². The van der Waals surface area contributed by atoms with E-state index in [-0.39, 0.29) is 12.1 Å². The molecule has 0 saturated heterocycles. The number of ether oxygens (including phenoxy) is 2. The van der Waals surface area contributed by atoms with Gasteiger partial charge in [-0.25, -0.2) is 9.78 Å². The van der Waals surface area contributed by atoms with Crippen molar-refractivity contribution in [1.29, 1.82) is 0 Å². The van der Waals surface area contributed by atoms with Gasteiger partial charge in [0.2, 0.25) is 0 Å². The molecule has 0 bridgehead atoms. The Hall–Kier alpha value is -3.85. The predicted octanol–water partition coefficient (Wildman–Crippen LogP) is 4.20. The lowest BCUT2D eigenvalue weighted by molar-refractivity contribution is 0.0955. The summed E-state index contributed by atoms with van der Waals surface area (Å²) < 4.78 is 10.7. The normalized spacial score (nSPS) is 17.3. The summed E-state index contributed by atoms with van der Waals surface area (Å²) in [4.78, 5) is 21.4. The molecule has 1 fully saturated rings. The van der Waals surface area contributed by atoms with Crippen LogP contribution in [0.15, 0.2) is 54.9 Å². The molecule has 0 spiro atoms. The van der Waals surface area contributed by atoms with E-state index in [0.717, 1.165) is 36.8 Å². The van der Waals surface area contributed by atoms with Gasteiger partial charge in [0, 0.05) is 17.8 Å². The fraction of sp³-hybridized carbons (Fsp3) is 0.346. The third-order valence-corrected chi connectivity index (χ3v) is 6.02. The molecule has 1 aliphatic carbocycles. The van der Waals surface area contributed by atoms with E-state index in [2.05, 4.69) is 25.9 Å². The summed E-state index contributed by atoms with van der Waals surface area (Å²) >= 11 is 0. The molecule has 3 aromatic rings. The fourth-order valence-corrected chi connectivity index (χ4v) is 4.15. The van der Waals surface area contributed by atoms with Crippen molar-refractivity contribution >= 4 is 17.5 Å². The minimum absolute atomic E-state index is 0.204. The molecule has 2 atom stereocenters. The van der Waals surface area contributed by atoms with E-state index in [1.165, 1.54) is 0 Å². The average Bonchev–Trinajstić information content (AvgIpc) is 2.89. The van der Waals surface area contributed by atoms with Gasteiger partial charge in [-0.2, -0.15) is 0 Å². The van der Waals surface area contributed by atoms with Crippen LogP contribution in [0.1, 0.15) is 31.2 Å². The lowest BCUT2D eigenvalue weighted by Crippen LogP contribution is -2.46. The number of aliphatic hydroxyl groups excluding tert-OH is 1. The number of hydrogen-bond acceptors (Lipinski definition) is 7. The number of methoxy groups -OCH3 is 2. The van der Waals surface area contributed by atoms with E-state index in [4.69, 9.17) is 9.47 Å². The van der Waals surface area contributed by atoms with Crippen molar-refractivity contribution in [1.82, 2.24) is 15.3 Å². The summed E-state index contributed by atoms with van der Waals surface area (Å²) in [5.74, 6) is 1.90. The van der Waals surface area contributed by atoms with Crippen LogP contribution in [-0.2, 0) is 6.54 Å². The number of amides is 2. The molecule has 9 heteroatoms. The molecular formula is C26H31N5O4. The highest BCUT2D eigenvalue weighted by Gasteiger charge is 2.24. The molecule has 1 aromatic heterocycles. The molecule has 0 unspecified atom stereocenters. The first-order valence-corrected chi connectivity index (χ1v) is 11.7. The van der Waals surface area contributed by atoms with E-state index < -0.39 is 6.10 Å². The van der Waals surface area contributed by atoms with Crippen LogP contribution >= 0.6 is 0 Å². The number of urea groups is 1. The number of nitrogens with zero attached hydrogens (tertiary/aromatic N) is 2. The fourth-order valence-electron chi connectivity index (χ4n) is 4.15. The second kappa shape index (κ2) is 11.5. The Kier molecular flexibility index (Phi) is 7.99. The van der Waals surface area contributed by atoms with Crippen LogP contribution in [0.2, 0.25) is 0 Å². The van der Waals surface area contributed by atoms with Crippen molar-refractivity contribution in [3.05, 3.63) is 60.4 Å². The maximum absolute atomic E-state index is 12.4. The maximum atomic E-state index is 12.4. The van der Waals surface area contributed by atoms with Crippen LogP contribution in [0, 0.1) is 0 Å². The molecule has 184 valence electrons. The molecule has 1 aliphatic rings. The molecule has 9 nitrogen and oxygen atoms in total. The van der Waals surface area contributed by atoms with Crippen LogP contribution in [-0.4, -0.2) is 47.5 Å². The Bertz CT molecular complexity index is 1160. The molecule has 0 aliphatic heterocycles. The quantitative estimate of drug-likeness (QED) is 0.384. The van der Waals surface area contributed by atoms with Crippen molar-refractivity contribution in [2.24, 2.45) is 0 Å². The molecule has 4 N–H and O–H groups in total. The third kappa shape index (κ3) is 6.39. The van der Waals surface area contributed by atoms with Crippen molar-refractivity contribution < 1.29 is 19.4 Å². The first-order chi connectivity index (χ1) is 17.1. The molecule has 2 amide bonds. The highest BCUT2D eigenvalue weighted by Crippen LogP contribution is 2.31. The van der Waals surface area contributed by atoms with Crippen molar-refractivity contribution in [2.75, 3.05) is 24.9 Å². The second-order valence-electron chi connectivity index (χ2n) is 8.47. The van der Waals surface area contributed by atoms with Gasteiger partial charge in [-0.15, -0.1) is 0 Å². The Morgan fingerprint density at radius 2 is 1.89 bits per heavy atom. The standard InChI is InChI=1S/C26H31N5O4/c1-34-23-11-10-18(13-24(23)35-2)21-15-27-16-25(30-21)28-14-17-6-5-7-19(12-17)29-26(33)31-20-8-3-4-9-22(20)32/h5-7,10-13,15-16,20,22,32H,3-4,8-9,14H2,1-2H3,(H,28,30)(H2,29,31,33)/t20-,22+/m1/s1. The number of carbonyl (C=O) groups excluding carboxylic acids is 1. The summed E-state index contributed by atoms with van der Waals surface area (Å²) in [5.41, 5.74) is 3.21. The molecule has 1 heterocycles. The van der Waals surface area contributed by atoms with Gasteiger partial charge in [-0.05, 0) is 48.7 Å². The van der Waals surface area contributed by atoms with Crippen molar-refractivity contribution in [3.63, 3.8) is 0 Å². The van der Waals surface area contributed by atoms with E-state index in [1.807, 2.05) is 42.5 Å². The number of aliphatic hydroxyl groups is 1. The topological polar surface area (TPSA) is 118 Å². The van der Waals surface area contributed by atoms with Gasteiger partial charge in [0.25, 0.3) is 0 Å². The van der Waals surface area contributed by atoms with E-state index in [0.29, 0.717) is 35.2 Å². The number of benzene rings is 2. The molecule has 35 heavy (non-hydrogen) atoms. The first-order valence-electron chi connectivity index (χ1n) is 11.7.